The van der Waals surface area contributed by atoms with Crippen LogP contribution in [0.1, 0.15) is 102 Å². The molecule has 0 bridgehead atoms. The number of pyridine rings is 2. The number of halogens is 1. The summed E-state index contributed by atoms with van der Waals surface area (Å²) in [6.45, 7) is 16.1. The molecular formula is C71H93FN10O18. The van der Waals surface area contributed by atoms with Gasteiger partial charge in [-0.3, -0.25) is 19.2 Å². The Morgan fingerprint density at radius 1 is 0.780 bits per heavy atom. The first-order valence-corrected chi connectivity index (χ1v) is 34.0. The molecule has 3 aromatic carbocycles. The molecule has 3 aliphatic rings. The SMILES string of the molecule is C=CNCCCC[C@H](NC(=O)[C@H](Cc1ccccc1)NC(=O)CCOCCOCCOCCOCCOCCOCCOCCOCCOCCN=[N+]=[N-])C(=O)Nc1ccc(COC(=O)N[C@H]2CCc3c(C)c(F)cc4nc5c(c2c34)Cn2c-5cc3c(c2=O)COC(=O)[C@]3(O)CC)cc1C. The van der Waals surface area contributed by atoms with Crippen LogP contribution in [-0.2, 0) is 109 Å². The van der Waals surface area contributed by atoms with E-state index in [-0.39, 0.29) is 76.4 Å². The third-order valence-corrected chi connectivity index (χ3v) is 17.2. The van der Waals surface area contributed by atoms with Crippen LogP contribution in [0.25, 0.3) is 32.7 Å². The topological polar surface area (TPSA) is 351 Å². The minimum atomic E-state index is -2.05. The molecule has 542 valence electrons. The van der Waals surface area contributed by atoms with Crippen LogP contribution in [0.4, 0.5) is 14.9 Å². The lowest BCUT2D eigenvalue weighted by Crippen LogP contribution is -2.53. The Balaban J connectivity index is 0.750. The van der Waals surface area contributed by atoms with E-state index in [1.54, 1.807) is 51.2 Å². The number of fused-ring (bicyclic) bond motifs is 5. The number of aryl methyl sites for hydroxylation is 2. The van der Waals surface area contributed by atoms with Crippen molar-refractivity contribution >= 4 is 46.4 Å². The first-order chi connectivity index (χ1) is 48.6. The van der Waals surface area contributed by atoms with Crippen LogP contribution in [-0.4, -0.2) is 189 Å². The number of aliphatic hydroxyl groups is 1. The van der Waals surface area contributed by atoms with Gasteiger partial charge in [0, 0.05) is 59.1 Å². The second kappa shape index (κ2) is 40.7. The fraction of sp³-hybridized carbons (Fsp3) is 0.535. The van der Waals surface area contributed by atoms with Crippen LogP contribution in [0.2, 0.25) is 0 Å². The highest BCUT2D eigenvalue weighted by Gasteiger charge is 2.46. The average molecular weight is 1390 g/mol. The molecular weight excluding hydrogens is 1300 g/mol. The monoisotopic (exact) mass is 1390 g/mol. The van der Waals surface area contributed by atoms with Gasteiger partial charge in [-0.05, 0) is 110 Å². The number of amides is 4. The summed E-state index contributed by atoms with van der Waals surface area (Å²) in [6.07, 6.45) is 3.24. The average Bonchev–Trinajstić information content (AvgIpc) is 1.50. The van der Waals surface area contributed by atoms with Gasteiger partial charge >= 0.3 is 12.1 Å². The Morgan fingerprint density at radius 3 is 2.00 bits per heavy atom. The number of rotatable bonds is 47. The van der Waals surface area contributed by atoms with E-state index in [1.807, 2.05) is 30.3 Å². The maximum Gasteiger partial charge on any atom is 0.407 e. The number of nitrogens with one attached hydrogen (secondary N) is 5. The van der Waals surface area contributed by atoms with E-state index in [2.05, 4.69) is 43.2 Å². The van der Waals surface area contributed by atoms with Crippen molar-refractivity contribution in [3.63, 3.8) is 0 Å². The lowest BCUT2D eigenvalue weighted by Gasteiger charge is -2.31. The van der Waals surface area contributed by atoms with E-state index in [9.17, 15) is 33.9 Å². The number of ether oxygens (including phenoxy) is 11. The number of esters is 1. The molecule has 8 rings (SSSR count). The number of nitrogens with zero attached hydrogens (tertiary/aromatic N) is 5. The molecule has 0 unspecified atom stereocenters. The van der Waals surface area contributed by atoms with Gasteiger partial charge in [0.05, 0.1) is 154 Å². The molecule has 28 nitrogen and oxygen atoms in total. The normalized spacial score (nSPS) is 15.5. The number of hydrogen-bond acceptors (Lipinski definition) is 21. The Hall–Kier alpha value is -8.45. The van der Waals surface area contributed by atoms with Crippen molar-refractivity contribution < 1.29 is 85.6 Å². The first kappa shape index (κ1) is 77.3. The van der Waals surface area contributed by atoms with E-state index in [0.29, 0.717) is 194 Å². The summed E-state index contributed by atoms with van der Waals surface area (Å²) in [4.78, 5) is 90.3. The molecule has 5 aromatic rings. The summed E-state index contributed by atoms with van der Waals surface area (Å²) in [6, 6.07) is 14.7. The van der Waals surface area contributed by atoms with Crippen molar-refractivity contribution in [2.24, 2.45) is 5.11 Å². The molecule has 0 saturated carbocycles. The summed E-state index contributed by atoms with van der Waals surface area (Å²) >= 11 is 0. The molecule has 0 radical (unpaired) electrons. The first-order valence-electron chi connectivity index (χ1n) is 34.0. The molecule has 29 heteroatoms. The van der Waals surface area contributed by atoms with Gasteiger partial charge in [0.15, 0.2) is 5.60 Å². The molecule has 0 saturated heterocycles. The zero-order valence-electron chi connectivity index (χ0n) is 57.2. The third-order valence-electron chi connectivity index (χ3n) is 17.2. The highest BCUT2D eigenvalue weighted by Crippen LogP contribution is 2.46. The highest BCUT2D eigenvalue weighted by atomic mass is 19.1. The summed E-state index contributed by atoms with van der Waals surface area (Å²) in [7, 11) is 0. The number of cyclic esters (lactones) is 1. The summed E-state index contributed by atoms with van der Waals surface area (Å²) < 4.78 is 77.7. The Labute approximate surface area is 580 Å². The maximum atomic E-state index is 15.6. The number of unbranched alkanes of at least 4 members (excludes halogenated alkanes) is 1. The molecule has 2 aliphatic heterocycles. The fourth-order valence-corrected chi connectivity index (χ4v) is 11.9. The van der Waals surface area contributed by atoms with Gasteiger partial charge in [-0.2, -0.15) is 0 Å². The van der Waals surface area contributed by atoms with E-state index in [1.165, 1.54) is 10.6 Å². The van der Waals surface area contributed by atoms with Crippen LogP contribution < -0.4 is 32.1 Å². The van der Waals surface area contributed by atoms with Gasteiger partial charge in [-0.15, -0.1) is 0 Å². The number of aromatic nitrogens is 2. The van der Waals surface area contributed by atoms with Gasteiger partial charge in [0.1, 0.15) is 31.1 Å². The second-order valence-corrected chi connectivity index (χ2v) is 24.0. The van der Waals surface area contributed by atoms with Crippen LogP contribution in [0.15, 0.2) is 83.4 Å². The molecule has 4 atom stereocenters. The van der Waals surface area contributed by atoms with Crippen LogP contribution in [0.3, 0.4) is 0 Å². The van der Waals surface area contributed by atoms with Crippen molar-refractivity contribution in [1.29, 1.82) is 0 Å². The smallest absolute Gasteiger partial charge is 0.407 e. The predicted molar refractivity (Wildman–Crippen MR) is 365 cm³/mol. The minimum absolute atomic E-state index is 0.0343. The number of alkyl carbamates (subject to hydrolysis) is 1. The zero-order valence-corrected chi connectivity index (χ0v) is 57.2. The second-order valence-electron chi connectivity index (χ2n) is 24.0. The quantitative estimate of drug-likeness (QED) is 0.00765. The van der Waals surface area contributed by atoms with Crippen molar-refractivity contribution in [3.05, 3.63) is 150 Å². The van der Waals surface area contributed by atoms with Crippen LogP contribution >= 0.6 is 0 Å². The molecule has 6 N–H and O–H groups in total. The van der Waals surface area contributed by atoms with Gasteiger partial charge in [-0.25, -0.2) is 19.0 Å². The standard InChI is InChI=1S/C71H93FN10O18/c1-5-71(89)54-42-61-65-52(44-82(61)68(86)53(54)46-99-69(71)87)64-57(18-16-51-48(4)55(72)43-59(77-65)63(51)64)80-70(88)100-45-50-15-17-56(47(3)40-50)78-66(84)58(14-10-11-20-74-6-2)79-67(85)60(41-49-12-8-7-9-13-49)76-62(83)19-22-90-24-26-92-28-30-94-32-34-96-36-38-98-39-37-97-35-33-95-31-29-93-27-25-91-23-21-75-81-73/h6-9,12-13,15,17,40,42-43,57-58,60,74,89H,2,5,10-11,14,16,18-39,41,44-46H2,1,3-4H3,(H,76,83)(H,78,84)(H,79,85)(H,80,88)/t57-,58-,60-,71-/m0/s1. The Morgan fingerprint density at radius 2 is 1.40 bits per heavy atom. The molecule has 4 amide bonds. The van der Waals surface area contributed by atoms with E-state index in [0.717, 1.165) is 11.1 Å². The molecule has 0 spiro atoms. The van der Waals surface area contributed by atoms with Crippen molar-refractivity contribution in [2.75, 3.05) is 137 Å². The van der Waals surface area contributed by atoms with Crippen molar-refractivity contribution in [2.45, 2.75) is 116 Å². The number of carbonyl (C=O) groups is 5. The lowest BCUT2D eigenvalue weighted by molar-refractivity contribution is -0.172. The zero-order chi connectivity index (χ0) is 71.1. The Bertz CT molecular complexity index is 3670. The highest BCUT2D eigenvalue weighted by molar-refractivity contribution is 5.99. The Kier molecular flexibility index (Phi) is 31.5. The molecule has 2 aromatic heterocycles. The van der Waals surface area contributed by atoms with Crippen LogP contribution in [0, 0.1) is 19.7 Å². The largest absolute Gasteiger partial charge is 0.458 e. The van der Waals surface area contributed by atoms with E-state index >= 15 is 4.39 Å². The summed E-state index contributed by atoms with van der Waals surface area (Å²) in [5, 5.41) is 30.4. The number of anilines is 1. The molecule has 4 heterocycles. The molecule has 0 fully saturated rings. The van der Waals surface area contributed by atoms with Gasteiger partial charge in [0.25, 0.3) is 5.56 Å². The number of carbonyl (C=O) groups excluding carboxylic acids is 5. The van der Waals surface area contributed by atoms with Crippen molar-refractivity contribution in [3.8, 4) is 11.4 Å². The fourth-order valence-electron chi connectivity index (χ4n) is 11.9. The molecule has 100 heavy (non-hydrogen) atoms. The summed E-state index contributed by atoms with van der Waals surface area (Å²) in [5.41, 5.74) is 12.1. The van der Waals surface area contributed by atoms with Crippen molar-refractivity contribution in [1.82, 2.24) is 30.8 Å². The predicted octanol–water partition coefficient (Wildman–Crippen LogP) is 6.65. The van der Waals surface area contributed by atoms with Gasteiger partial charge in [0.2, 0.25) is 17.7 Å². The lowest BCUT2D eigenvalue weighted by atomic mass is 9.81. The van der Waals surface area contributed by atoms with Crippen LogP contribution in [0.5, 0.6) is 0 Å². The molecule has 1 aliphatic carbocycles. The van der Waals surface area contributed by atoms with Gasteiger partial charge < -0.3 is 88.4 Å². The van der Waals surface area contributed by atoms with Gasteiger partial charge in [-0.1, -0.05) is 61.1 Å². The van der Waals surface area contributed by atoms with E-state index in [4.69, 9.17) is 62.6 Å². The maximum absolute atomic E-state index is 15.6. The number of hydrogen-bond donors (Lipinski definition) is 6. The van der Waals surface area contributed by atoms with E-state index < -0.39 is 64.9 Å². The number of azide groups is 1. The minimum Gasteiger partial charge on any atom is -0.458 e. The third kappa shape index (κ3) is 22.3. The summed E-state index contributed by atoms with van der Waals surface area (Å²) in [5.74, 6) is -2.74. The number of benzene rings is 3.